The molecule has 182 valence electrons. The second kappa shape index (κ2) is 9.06. The van der Waals surface area contributed by atoms with Gasteiger partial charge in [-0.2, -0.15) is 23.3 Å². The molecule has 1 heterocycles. The number of rotatable bonds is 5. The van der Waals surface area contributed by atoms with E-state index in [1.165, 1.54) is 0 Å². The van der Waals surface area contributed by atoms with Crippen LogP contribution in [-0.2, 0) is 10.2 Å². The molecule has 2 aliphatic rings. The largest absolute Gasteiger partial charge is 0.484 e. The summed E-state index contributed by atoms with van der Waals surface area (Å²) in [6.07, 6.45) is -2.55. The van der Waals surface area contributed by atoms with Crippen molar-refractivity contribution in [3.05, 3.63) is 65.7 Å². The molecule has 2 aromatic carbocycles. The van der Waals surface area contributed by atoms with E-state index < -0.39 is 30.3 Å². The summed E-state index contributed by atoms with van der Waals surface area (Å²) in [7, 11) is 0. The minimum atomic E-state index is -5.03. The van der Waals surface area contributed by atoms with E-state index >= 15 is 0 Å². The Balaban J connectivity index is 1.48. The second-order valence-corrected chi connectivity index (χ2v) is 9.48. The van der Waals surface area contributed by atoms with Crippen molar-refractivity contribution in [3.8, 4) is 5.75 Å². The van der Waals surface area contributed by atoms with Crippen molar-refractivity contribution in [2.45, 2.75) is 63.3 Å². The zero-order valence-corrected chi connectivity index (χ0v) is 19.3. The maximum absolute atomic E-state index is 14.0. The summed E-state index contributed by atoms with van der Waals surface area (Å²) < 4.78 is 47.4. The van der Waals surface area contributed by atoms with Gasteiger partial charge in [-0.15, -0.1) is 0 Å². The molecule has 1 aliphatic carbocycles. The molecule has 1 amide bonds. The number of hydrazone groups is 1. The Hall–Kier alpha value is -2.87. The lowest BCUT2D eigenvalue weighted by molar-refractivity contribution is -0.317. The lowest BCUT2D eigenvalue weighted by atomic mass is 9.78. The van der Waals surface area contributed by atoms with Crippen LogP contribution in [0.3, 0.4) is 0 Å². The fourth-order valence-electron chi connectivity index (χ4n) is 4.84. The third-order valence-electron chi connectivity index (χ3n) is 6.95. The van der Waals surface area contributed by atoms with Gasteiger partial charge in [-0.05, 0) is 42.5 Å². The smallest absolute Gasteiger partial charge is 0.439 e. The number of amides is 1. The predicted octanol–water partition coefficient (Wildman–Crippen LogP) is 5.42. The highest BCUT2D eigenvalue weighted by atomic mass is 19.4. The van der Waals surface area contributed by atoms with Crippen molar-refractivity contribution < 1.29 is 27.8 Å². The predicted molar refractivity (Wildman–Crippen MR) is 122 cm³/mol. The van der Waals surface area contributed by atoms with Crippen molar-refractivity contribution in [2.24, 2.45) is 11.0 Å². The first-order valence-electron chi connectivity index (χ1n) is 11.5. The van der Waals surface area contributed by atoms with Crippen LogP contribution in [0.4, 0.5) is 13.2 Å². The van der Waals surface area contributed by atoms with Crippen LogP contribution in [0.1, 0.15) is 57.1 Å². The highest BCUT2D eigenvalue weighted by Crippen LogP contribution is 2.47. The van der Waals surface area contributed by atoms with E-state index in [-0.39, 0.29) is 22.6 Å². The topological polar surface area (TPSA) is 62.1 Å². The van der Waals surface area contributed by atoms with E-state index in [1.54, 1.807) is 12.1 Å². The average molecular weight is 475 g/mol. The fourth-order valence-corrected chi connectivity index (χ4v) is 4.84. The molecule has 5 nitrogen and oxygen atoms in total. The number of alkyl halides is 3. The number of carbonyl (C=O) groups excluding carboxylic acids is 1. The third kappa shape index (κ3) is 4.31. The monoisotopic (exact) mass is 474 g/mol. The molecular formula is C26H29F3N2O3. The first kappa shape index (κ1) is 24.3. The molecule has 1 fully saturated rings. The minimum absolute atomic E-state index is 0.137. The lowest BCUT2D eigenvalue weighted by Crippen LogP contribution is -2.61. The molecule has 0 radical (unpaired) electrons. The van der Waals surface area contributed by atoms with E-state index in [0.29, 0.717) is 25.0 Å². The van der Waals surface area contributed by atoms with Crippen LogP contribution in [0.2, 0.25) is 0 Å². The van der Waals surface area contributed by atoms with Gasteiger partial charge in [-0.3, -0.25) is 4.79 Å². The molecule has 0 bridgehead atoms. The van der Waals surface area contributed by atoms with Crippen LogP contribution in [0, 0.1) is 5.92 Å². The molecule has 1 N–H and O–H groups in total. The summed E-state index contributed by atoms with van der Waals surface area (Å²) in [6.45, 7) is 3.52. The van der Waals surface area contributed by atoms with Gasteiger partial charge in [0.2, 0.25) is 0 Å². The number of hydrogen-bond donors (Lipinski definition) is 1. The van der Waals surface area contributed by atoms with Gasteiger partial charge >= 0.3 is 6.18 Å². The molecule has 4 rings (SSSR count). The Morgan fingerprint density at radius 3 is 2.35 bits per heavy atom. The Labute approximate surface area is 197 Å². The molecule has 1 aliphatic heterocycles. The molecule has 0 saturated heterocycles. The highest BCUT2D eigenvalue weighted by Gasteiger charge is 2.68. The zero-order chi connectivity index (χ0) is 24.6. The minimum Gasteiger partial charge on any atom is -0.484 e. The van der Waals surface area contributed by atoms with Gasteiger partial charge in [0.15, 0.2) is 6.61 Å². The quantitative estimate of drug-likeness (QED) is 0.630. The van der Waals surface area contributed by atoms with Crippen molar-refractivity contribution in [3.63, 3.8) is 0 Å². The van der Waals surface area contributed by atoms with Gasteiger partial charge in [0, 0.05) is 11.1 Å². The molecule has 1 saturated carbocycles. The number of benzene rings is 2. The normalized spacial score (nSPS) is 23.2. The van der Waals surface area contributed by atoms with Gasteiger partial charge in [0.1, 0.15) is 5.75 Å². The summed E-state index contributed by atoms with van der Waals surface area (Å²) in [5.41, 5.74) is -1.21. The number of carbonyl (C=O) groups is 1. The number of fused-ring (bicyclic) bond motifs is 1. The van der Waals surface area contributed by atoms with Crippen LogP contribution in [-0.4, -0.2) is 40.2 Å². The summed E-state index contributed by atoms with van der Waals surface area (Å²) in [5, 5.41) is 14.9. The molecule has 0 unspecified atom stereocenters. The molecule has 34 heavy (non-hydrogen) atoms. The fraction of sp³-hybridized carbons (Fsp3) is 0.462. The van der Waals surface area contributed by atoms with E-state index in [4.69, 9.17) is 4.74 Å². The molecule has 0 spiro atoms. The van der Waals surface area contributed by atoms with E-state index in [2.05, 4.69) is 18.9 Å². The third-order valence-corrected chi connectivity index (χ3v) is 6.95. The first-order valence-corrected chi connectivity index (χ1v) is 11.5. The van der Waals surface area contributed by atoms with Gasteiger partial charge in [-0.25, -0.2) is 0 Å². The van der Waals surface area contributed by atoms with E-state index in [0.717, 1.165) is 17.5 Å². The molecule has 8 heteroatoms. The standard InChI is InChI=1S/C26H29F3N2O3/c1-24(2,18-9-5-3-6-10-18)19-13-15-20(16-14-19)34-17-23(32)31-25(33,26(27,28)29)21-11-7-4-8-12-22(21)30-31/h3,5-6,9-10,13-16,21,33H,4,7-8,11-12,17H2,1-2H3/t21-,25-/m1/s1. The van der Waals surface area contributed by atoms with Gasteiger partial charge in [0.05, 0.1) is 5.92 Å². The van der Waals surface area contributed by atoms with E-state index in [1.807, 2.05) is 42.5 Å². The Bertz CT molecular complexity index is 1050. The van der Waals surface area contributed by atoms with Crippen molar-refractivity contribution >= 4 is 11.6 Å². The number of halogens is 3. The van der Waals surface area contributed by atoms with Crippen molar-refractivity contribution in [1.29, 1.82) is 0 Å². The van der Waals surface area contributed by atoms with Gasteiger partial charge in [-0.1, -0.05) is 69.2 Å². The summed E-state index contributed by atoms with van der Waals surface area (Å²) in [5.74, 6) is -1.93. The maximum Gasteiger partial charge on any atom is 0.439 e. The Kier molecular flexibility index (Phi) is 6.46. The van der Waals surface area contributed by atoms with Crippen molar-refractivity contribution in [1.82, 2.24) is 5.01 Å². The lowest BCUT2D eigenvalue weighted by Gasteiger charge is -2.37. The first-order chi connectivity index (χ1) is 16.0. The average Bonchev–Trinajstić information content (AvgIpc) is 2.96. The maximum atomic E-state index is 14.0. The van der Waals surface area contributed by atoms with Crippen LogP contribution in [0.25, 0.3) is 0 Å². The van der Waals surface area contributed by atoms with Crippen molar-refractivity contribution in [2.75, 3.05) is 6.61 Å². The van der Waals surface area contributed by atoms with Crippen LogP contribution in [0.15, 0.2) is 59.7 Å². The molecular weight excluding hydrogens is 445 g/mol. The number of aliphatic hydroxyl groups is 1. The van der Waals surface area contributed by atoms with Crippen LogP contribution >= 0.6 is 0 Å². The zero-order valence-electron chi connectivity index (χ0n) is 19.3. The number of hydrogen-bond acceptors (Lipinski definition) is 4. The SMILES string of the molecule is CC(C)(c1ccccc1)c1ccc(OCC(=O)N2N=C3CCCCC[C@H]3[C@@]2(O)C(F)(F)F)cc1. The van der Waals surface area contributed by atoms with Crippen LogP contribution < -0.4 is 4.74 Å². The molecule has 0 aromatic heterocycles. The Morgan fingerprint density at radius 2 is 1.71 bits per heavy atom. The summed E-state index contributed by atoms with van der Waals surface area (Å²) >= 11 is 0. The van der Waals surface area contributed by atoms with Crippen LogP contribution in [0.5, 0.6) is 5.75 Å². The Morgan fingerprint density at radius 1 is 1.06 bits per heavy atom. The second-order valence-electron chi connectivity index (χ2n) is 9.48. The van der Waals surface area contributed by atoms with E-state index in [9.17, 15) is 23.1 Å². The molecule has 2 aromatic rings. The highest BCUT2D eigenvalue weighted by molar-refractivity contribution is 5.93. The number of ether oxygens (including phenoxy) is 1. The molecule has 2 atom stereocenters. The van der Waals surface area contributed by atoms with Gasteiger partial charge < -0.3 is 9.84 Å². The number of nitrogens with zero attached hydrogens (tertiary/aromatic N) is 2. The summed E-state index contributed by atoms with van der Waals surface area (Å²) in [4.78, 5) is 12.8. The van der Waals surface area contributed by atoms with Gasteiger partial charge in [0.25, 0.3) is 11.6 Å². The summed E-state index contributed by atoms with van der Waals surface area (Å²) in [6, 6.07) is 17.1.